The Labute approximate surface area is 111 Å². The maximum Gasteiger partial charge on any atom is 0.185 e. The summed E-state index contributed by atoms with van der Waals surface area (Å²) in [5.74, 6) is 0.510. The van der Waals surface area contributed by atoms with Gasteiger partial charge in [-0.25, -0.2) is 0 Å². The van der Waals surface area contributed by atoms with E-state index in [0.717, 1.165) is 25.8 Å². The summed E-state index contributed by atoms with van der Waals surface area (Å²) < 4.78 is 0. The maximum atomic E-state index is 7.10. The second-order valence-corrected chi connectivity index (χ2v) is 4.76. The molecule has 5 heteroatoms. The number of amidine groups is 1. The van der Waals surface area contributed by atoms with Gasteiger partial charge in [-0.2, -0.15) is 0 Å². The zero-order valence-corrected chi connectivity index (χ0v) is 11.5. The Kier molecular flexibility index (Phi) is 11.3. The van der Waals surface area contributed by atoms with Crippen molar-refractivity contribution in [3.8, 4) is 0 Å². The fourth-order valence-electron chi connectivity index (χ4n) is 1.87. The van der Waals surface area contributed by atoms with Gasteiger partial charge in [-0.1, -0.05) is 44.9 Å². The minimum absolute atomic E-state index is 0.195. The van der Waals surface area contributed by atoms with Crippen molar-refractivity contribution < 1.29 is 0 Å². The fourth-order valence-corrected chi connectivity index (χ4v) is 1.87. The number of nitrogens with one attached hydrogen (secondary N) is 1. The Morgan fingerprint density at radius 3 is 1.61 bits per heavy atom. The zero-order chi connectivity index (χ0) is 13.6. The molecular weight excluding hydrogens is 226 g/mol. The highest BCUT2D eigenvalue weighted by Gasteiger charge is 1.94. The van der Waals surface area contributed by atoms with Crippen LogP contribution in [0, 0.1) is 5.41 Å². The van der Waals surface area contributed by atoms with Crippen LogP contribution in [0.15, 0.2) is 4.99 Å². The second-order valence-electron chi connectivity index (χ2n) is 4.76. The lowest BCUT2D eigenvalue weighted by molar-refractivity contribution is 0.563. The van der Waals surface area contributed by atoms with Crippen LogP contribution in [0.5, 0.6) is 0 Å². The van der Waals surface area contributed by atoms with Crippen molar-refractivity contribution in [3.63, 3.8) is 0 Å². The van der Waals surface area contributed by atoms with Gasteiger partial charge in [0.05, 0.1) is 5.84 Å². The molecule has 5 nitrogen and oxygen atoms in total. The van der Waals surface area contributed by atoms with Gasteiger partial charge in [0.1, 0.15) is 0 Å². The molecule has 0 spiro atoms. The summed E-state index contributed by atoms with van der Waals surface area (Å²) in [4.78, 5) is 3.95. The van der Waals surface area contributed by atoms with Gasteiger partial charge in [-0.05, 0) is 12.8 Å². The number of aliphatic imine (C=N–C) groups is 1. The molecule has 0 radical (unpaired) electrons. The number of hydrogen-bond acceptors (Lipinski definition) is 2. The first-order valence-electron chi connectivity index (χ1n) is 7.01. The molecule has 0 aliphatic rings. The average Bonchev–Trinajstić information content (AvgIpc) is 2.29. The molecule has 0 aliphatic heterocycles. The molecule has 18 heavy (non-hydrogen) atoms. The first-order chi connectivity index (χ1) is 8.63. The standard InChI is InChI=1S/C13H29N5/c14-12(15)10-8-6-4-2-1-3-5-7-9-11-18-13(16)17/h1-11H2,(H3,14,15)(H4,16,17,18). The van der Waals surface area contributed by atoms with Crippen LogP contribution in [0.3, 0.4) is 0 Å². The molecular formula is C13H29N5. The molecule has 0 aromatic carbocycles. The minimum Gasteiger partial charge on any atom is -0.388 e. The van der Waals surface area contributed by atoms with Crippen molar-refractivity contribution in [1.82, 2.24) is 0 Å². The van der Waals surface area contributed by atoms with Crippen LogP contribution in [-0.2, 0) is 0 Å². The molecule has 0 saturated carbocycles. The van der Waals surface area contributed by atoms with Gasteiger partial charge in [0.25, 0.3) is 0 Å². The van der Waals surface area contributed by atoms with E-state index >= 15 is 0 Å². The van der Waals surface area contributed by atoms with Crippen molar-refractivity contribution in [2.75, 3.05) is 6.54 Å². The van der Waals surface area contributed by atoms with Gasteiger partial charge in [-0.3, -0.25) is 10.4 Å². The number of unbranched alkanes of at least 4 members (excludes halogenated alkanes) is 8. The fraction of sp³-hybridized carbons (Fsp3) is 0.846. The quantitative estimate of drug-likeness (QED) is 0.243. The molecule has 0 heterocycles. The molecule has 0 saturated heterocycles. The van der Waals surface area contributed by atoms with Crippen molar-refractivity contribution in [1.29, 1.82) is 5.41 Å². The van der Waals surface area contributed by atoms with Crippen LogP contribution in [0.2, 0.25) is 0 Å². The third-order valence-electron chi connectivity index (χ3n) is 2.90. The monoisotopic (exact) mass is 255 g/mol. The highest BCUT2D eigenvalue weighted by molar-refractivity contribution is 5.76. The Hall–Kier alpha value is -1.26. The molecule has 0 aliphatic carbocycles. The Morgan fingerprint density at radius 1 is 0.722 bits per heavy atom. The molecule has 0 unspecified atom stereocenters. The van der Waals surface area contributed by atoms with Crippen molar-refractivity contribution in [2.24, 2.45) is 22.2 Å². The molecule has 106 valence electrons. The van der Waals surface area contributed by atoms with Gasteiger partial charge in [0.15, 0.2) is 5.96 Å². The zero-order valence-electron chi connectivity index (χ0n) is 11.5. The molecule has 0 atom stereocenters. The summed E-state index contributed by atoms with van der Waals surface area (Å²) in [5, 5.41) is 7.10. The summed E-state index contributed by atoms with van der Waals surface area (Å²) in [6, 6.07) is 0. The number of rotatable bonds is 12. The number of hydrogen-bond donors (Lipinski definition) is 4. The van der Waals surface area contributed by atoms with E-state index in [2.05, 4.69) is 4.99 Å². The van der Waals surface area contributed by atoms with Crippen molar-refractivity contribution in [2.45, 2.75) is 64.2 Å². The van der Waals surface area contributed by atoms with Gasteiger partial charge < -0.3 is 17.2 Å². The largest absolute Gasteiger partial charge is 0.388 e. The first-order valence-corrected chi connectivity index (χ1v) is 7.01. The van der Waals surface area contributed by atoms with E-state index in [1.807, 2.05) is 0 Å². The van der Waals surface area contributed by atoms with Crippen molar-refractivity contribution >= 4 is 11.8 Å². The first kappa shape index (κ1) is 16.7. The van der Waals surface area contributed by atoms with E-state index in [-0.39, 0.29) is 5.96 Å². The predicted molar refractivity (Wildman–Crippen MR) is 78.8 cm³/mol. The maximum absolute atomic E-state index is 7.10. The average molecular weight is 255 g/mol. The highest BCUT2D eigenvalue weighted by Crippen LogP contribution is 2.10. The lowest BCUT2D eigenvalue weighted by atomic mass is 10.1. The van der Waals surface area contributed by atoms with E-state index in [4.69, 9.17) is 22.6 Å². The topological polar surface area (TPSA) is 114 Å². The van der Waals surface area contributed by atoms with Crippen LogP contribution in [0.25, 0.3) is 0 Å². The van der Waals surface area contributed by atoms with E-state index in [0.29, 0.717) is 5.84 Å². The minimum atomic E-state index is 0.195. The van der Waals surface area contributed by atoms with Gasteiger partial charge in [-0.15, -0.1) is 0 Å². The number of nitrogens with two attached hydrogens (primary N) is 3. The Balaban J connectivity index is 3.03. The molecule has 0 aromatic rings. The molecule has 0 rings (SSSR count). The third-order valence-corrected chi connectivity index (χ3v) is 2.90. The van der Waals surface area contributed by atoms with Gasteiger partial charge >= 0.3 is 0 Å². The van der Waals surface area contributed by atoms with E-state index in [1.165, 1.54) is 44.9 Å². The molecule has 0 amide bonds. The highest BCUT2D eigenvalue weighted by atomic mass is 15.0. The Bertz CT molecular complexity index is 234. The number of guanidine groups is 1. The van der Waals surface area contributed by atoms with Crippen molar-refractivity contribution in [3.05, 3.63) is 0 Å². The van der Waals surface area contributed by atoms with Crippen LogP contribution >= 0.6 is 0 Å². The second kappa shape index (κ2) is 12.2. The molecule has 0 fully saturated rings. The lowest BCUT2D eigenvalue weighted by Crippen LogP contribution is -2.22. The van der Waals surface area contributed by atoms with E-state index in [9.17, 15) is 0 Å². The van der Waals surface area contributed by atoms with Crippen LogP contribution in [-0.4, -0.2) is 18.3 Å². The summed E-state index contributed by atoms with van der Waals surface area (Å²) >= 11 is 0. The van der Waals surface area contributed by atoms with Gasteiger partial charge in [0, 0.05) is 13.0 Å². The summed E-state index contributed by atoms with van der Waals surface area (Å²) in [6.07, 6.45) is 11.7. The smallest absolute Gasteiger partial charge is 0.185 e. The Morgan fingerprint density at radius 2 is 1.17 bits per heavy atom. The lowest BCUT2D eigenvalue weighted by Gasteiger charge is -2.02. The molecule has 0 aromatic heterocycles. The SMILES string of the molecule is N=C(N)CCCCCCCCCCCN=C(N)N. The molecule has 0 bridgehead atoms. The predicted octanol–water partition coefficient (Wildman–Crippen LogP) is 2.10. The molecule has 7 N–H and O–H groups in total. The summed E-state index contributed by atoms with van der Waals surface area (Å²) in [7, 11) is 0. The van der Waals surface area contributed by atoms with Crippen LogP contribution in [0.1, 0.15) is 64.2 Å². The normalized spacial score (nSPS) is 10.2. The van der Waals surface area contributed by atoms with E-state index < -0.39 is 0 Å². The van der Waals surface area contributed by atoms with Crippen LogP contribution < -0.4 is 17.2 Å². The summed E-state index contributed by atoms with van der Waals surface area (Å²) in [5.41, 5.74) is 15.8. The number of nitrogens with zero attached hydrogens (tertiary/aromatic N) is 1. The summed E-state index contributed by atoms with van der Waals surface area (Å²) in [6.45, 7) is 0.757. The third kappa shape index (κ3) is 14.7. The van der Waals surface area contributed by atoms with Gasteiger partial charge in [0.2, 0.25) is 0 Å². The van der Waals surface area contributed by atoms with Crippen LogP contribution in [0.4, 0.5) is 0 Å². The van der Waals surface area contributed by atoms with E-state index in [1.54, 1.807) is 0 Å².